The van der Waals surface area contributed by atoms with Crippen molar-refractivity contribution in [3.05, 3.63) is 64.9 Å². The van der Waals surface area contributed by atoms with E-state index in [1.54, 1.807) is 52.9 Å². The van der Waals surface area contributed by atoms with Crippen molar-refractivity contribution in [2.45, 2.75) is 18.8 Å². The molecule has 10 heteroatoms. The Morgan fingerprint density at radius 1 is 1.03 bits per heavy atom. The number of hydrogen-bond donors (Lipinski definition) is 0. The summed E-state index contributed by atoms with van der Waals surface area (Å²) in [4.78, 5) is 30.1. The average molecular weight is 441 g/mol. The summed E-state index contributed by atoms with van der Waals surface area (Å²) < 4.78 is 16.2. The van der Waals surface area contributed by atoms with Gasteiger partial charge in [-0.25, -0.2) is 9.18 Å². The molecule has 0 aliphatic carbocycles. The second-order valence-electron chi connectivity index (χ2n) is 7.54. The summed E-state index contributed by atoms with van der Waals surface area (Å²) in [5.74, 6) is 0.0320. The molecule has 0 spiro atoms. The van der Waals surface area contributed by atoms with Gasteiger partial charge < -0.3 is 9.80 Å². The van der Waals surface area contributed by atoms with Gasteiger partial charge in [0.2, 0.25) is 5.95 Å². The molecule has 0 radical (unpaired) electrons. The van der Waals surface area contributed by atoms with E-state index in [1.807, 2.05) is 6.07 Å². The highest BCUT2D eigenvalue weighted by atomic mass is 35.5. The zero-order valence-corrected chi connectivity index (χ0v) is 17.5. The van der Waals surface area contributed by atoms with Gasteiger partial charge in [0.1, 0.15) is 12.0 Å². The predicted octanol–water partition coefficient (Wildman–Crippen LogP) is 3.15. The maximum atomic E-state index is 14.4. The Morgan fingerprint density at radius 2 is 1.74 bits per heavy atom. The van der Waals surface area contributed by atoms with Crippen LogP contribution in [0.3, 0.4) is 0 Å². The number of nitrogens with zero attached hydrogens (tertiary/aromatic N) is 6. The Bertz CT molecular complexity index is 1210. The van der Waals surface area contributed by atoms with Gasteiger partial charge in [0.25, 0.3) is 5.91 Å². The summed E-state index contributed by atoms with van der Waals surface area (Å²) >= 11 is 6.40. The minimum absolute atomic E-state index is 0.0934. The second-order valence-corrected chi connectivity index (χ2v) is 7.95. The standard InChI is InChI=1S/C21H18ClFN6O2/c1-26-18-16(19(30)27(2)21(26)31)28(11-12-7-3-6-10-15(12)23)20-25-24-17(29(18)20)13-8-4-5-9-14(13)22/h3-10,16,18H,11H2,1-2H3. The Hall–Kier alpha value is -3.46. The van der Waals surface area contributed by atoms with Crippen molar-refractivity contribution in [2.75, 3.05) is 19.0 Å². The molecule has 2 aliphatic rings. The maximum Gasteiger partial charge on any atom is 0.327 e. The monoisotopic (exact) mass is 440 g/mol. The molecule has 1 saturated heterocycles. The van der Waals surface area contributed by atoms with Crippen molar-refractivity contribution in [1.29, 1.82) is 0 Å². The average Bonchev–Trinajstić information content (AvgIpc) is 3.32. The molecule has 3 heterocycles. The lowest BCUT2D eigenvalue weighted by atomic mass is 10.1. The Morgan fingerprint density at radius 3 is 2.48 bits per heavy atom. The third-order valence-electron chi connectivity index (χ3n) is 5.80. The highest BCUT2D eigenvalue weighted by Crippen LogP contribution is 2.43. The molecule has 1 aromatic heterocycles. The van der Waals surface area contributed by atoms with Crippen LogP contribution in [-0.4, -0.2) is 56.6 Å². The number of urea groups is 1. The van der Waals surface area contributed by atoms with E-state index in [9.17, 15) is 14.0 Å². The largest absolute Gasteiger partial charge is 0.327 e. The molecular weight excluding hydrogens is 423 g/mol. The molecule has 0 bridgehead atoms. The van der Waals surface area contributed by atoms with Crippen molar-refractivity contribution in [3.8, 4) is 11.4 Å². The number of anilines is 1. The first-order chi connectivity index (χ1) is 14.9. The zero-order chi connectivity index (χ0) is 21.9. The van der Waals surface area contributed by atoms with Gasteiger partial charge in [-0.05, 0) is 18.2 Å². The quantitative estimate of drug-likeness (QED) is 0.625. The normalized spacial score (nSPS) is 20.3. The topological polar surface area (TPSA) is 74.6 Å². The fourth-order valence-electron chi connectivity index (χ4n) is 4.24. The number of halogens is 2. The van der Waals surface area contributed by atoms with Crippen LogP contribution in [0.25, 0.3) is 11.4 Å². The van der Waals surface area contributed by atoms with Crippen LogP contribution in [0.1, 0.15) is 11.7 Å². The van der Waals surface area contributed by atoms with E-state index < -0.39 is 18.2 Å². The molecule has 8 nitrogen and oxygen atoms in total. The molecule has 3 aromatic rings. The molecule has 2 aliphatic heterocycles. The number of likely N-dealkylation sites (N-methyl/N-ethyl adjacent to an activating group) is 2. The molecule has 5 rings (SSSR count). The molecule has 0 N–H and O–H groups in total. The summed E-state index contributed by atoms with van der Waals surface area (Å²) in [6.07, 6.45) is -0.695. The fraction of sp³-hybridized carbons (Fsp3) is 0.238. The molecule has 2 atom stereocenters. The third-order valence-corrected chi connectivity index (χ3v) is 6.13. The smallest absolute Gasteiger partial charge is 0.320 e. The number of benzene rings is 2. The lowest BCUT2D eigenvalue weighted by Gasteiger charge is -2.40. The summed E-state index contributed by atoms with van der Waals surface area (Å²) in [6.45, 7) is 0.0934. The number of carbonyl (C=O) groups is 2. The van der Waals surface area contributed by atoms with Gasteiger partial charge in [-0.1, -0.05) is 41.9 Å². The second kappa shape index (κ2) is 7.05. The van der Waals surface area contributed by atoms with Gasteiger partial charge in [-0.2, -0.15) is 0 Å². The molecule has 2 aromatic carbocycles. The molecule has 158 valence electrons. The van der Waals surface area contributed by atoms with Gasteiger partial charge in [0.15, 0.2) is 11.9 Å². The first-order valence-electron chi connectivity index (χ1n) is 9.64. The van der Waals surface area contributed by atoms with E-state index in [1.165, 1.54) is 18.0 Å². The summed E-state index contributed by atoms with van der Waals surface area (Å²) in [7, 11) is 3.06. The number of imide groups is 1. The van der Waals surface area contributed by atoms with Crippen LogP contribution >= 0.6 is 11.6 Å². The molecule has 0 saturated carbocycles. The minimum Gasteiger partial charge on any atom is -0.320 e. The van der Waals surface area contributed by atoms with E-state index in [2.05, 4.69) is 10.2 Å². The van der Waals surface area contributed by atoms with Crippen molar-refractivity contribution >= 4 is 29.5 Å². The van der Waals surface area contributed by atoms with Gasteiger partial charge in [0.05, 0.1) is 5.02 Å². The van der Waals surface area contributed by atoms with Crippen LogP contribution in [0.5, 0.6) is 0 Å². The van der Waals surface area contributed by atoms with Crippen molar-refractivity contribution < 1.29 is 14.0 Å². The number of amides is 3. The number of rotatable bonds is 3. The van der Waals surface area contributed by atoms with Gasteiger partial charge >= 0.3 is 6.03 Å². The van der Waals surface area contributed by atoms with E-state index in [0.29, 0.717) is 27.9 Å². The molecule has 2 unspecified atom stereocenters. The SMILES string of the molecule is CN1C(=O)C2C(N(C)C1=O)n1c(-c3ccccc3Cl)nnc1N2Cc1ccccc1F. The Balaban J connectivity index is 1.69. The minimum atomic E-state index is -0.779. The van der Waals surface area contributed by atoms with Crippen LogP contribution in [0.15, 0.2) is 48.5 Å². The predicted molar refractivity (Wildman–Crippen MR) is 112 cm³/mol. The van der Waals surface area contributed by atoms with Crippen LogP contribution in [0.4, 0.5) is 15.1 Å². The number of fused-ring (bicyclic) bond motifs is 3. The molecule has 31 heavy (non-hydrogen) atoms. The van der Waals surface area contributed by atoms with E-state index in [0.717, 1.165) is 4.90 Å². The lowest BCUT2D eigenvalue weighted by molar-refractivity contribution is -0.133. The van der Waals surface area contributed by atoms with Gasteiger partial charge in [-0.15, -0.1) is 10.2 Å². The molecular formula is C21H18ClFN6O2. The fourth-order valence-corrected chi connectivity index (χ4v) is 4.46. The Kier molecular flexibility index (Phi) is 4.44. The van der Waals surface area contributed by atoms with Crippen LogP contribution < -0.4 is 4.90 Å². The molecule has 1 fully saturated rings. The summed E-state index contributed by atoms with van der Waals surface area (Å²) in [5, 5.41) is 9.09. The lowest BCUT2D eigenvalue weighted by Crippen LogP contribution is -2.61. The van der Waals surface area contributed by atoms with Gasteiger partial charge in [0, 0.05) is 31.8 Å². The van der Waals surface area contributed by atoms with E-state index in [4.69, 9.17) is 11.6 Å². The third kappa shape index (κ3) is 2.80. The maximum absolute atomic E-state index is 14.4. The van der Waals surface area contributed by atoms with E-state index >= 15 is 0 Å². The van der Waals surface area contributed by atoms with E-state index in [-0.39, 0.29) is 18.3 Å². The zero-order valence-electron chi connectivity index (χ0n) is 16.7. The number of aromatic nitrogens is 3. The van der Waals surface area contributed by atoms with Crippen LogP contribution in [-0.2, 0) is 11.3 Å². The van der Waals surface area contributed by atoms with Crippen molar-refractivity contribution in [3.63, 3.8) is 0 Å². The number of hydrogen-bond acceptors (Lipinski definition) is 5. The first-order valence-corrected chi connectivity index (χ1v) is 10.0. The van der Waals surface area contributed by atoms with Crippen molar-refractivity contribution in [2.24, 2.45) is 0 Å². The first kappa shape index (κ1) is 19.5. The summed E-state index contributed by atoms with van der Waals surface area (Å²) in [5.41, 5.74) is 1.04. The highest BCUT2D eigenvalue weighted by Gasteiger charge is 2.54. The highest BCUT2D eigenvalue weighted by molar-refractivity contribution is 6.33. The summed E-state index contributed by atoms with van der Waals surface area (Å²) in [6, 6.07) is 12.3. The van der Waals surface area contributed by atoms with Crippen LogP contribution in [0.2, 0.25) is 5.02 Å². The van der Waals surface area contributed by atoms with Crippen LogP contribution in [0, 0.1) is 5.82 Å². The molecule has 3 amide bonds. The Labute approximate surface area is 182 Å². The van der Waals surface area contributed by atoms with Crippen molar-refractivity contribution in [1.82, 2.24) is 24.6 Å². The van der Waals surface area contributed by atoms with Gasteiger partial charge in [-0.3, -0.25) is 14.3 Å². The number of carbonyl (C=O) groups excluding carboxylic acids is 2.